The summed E-state index contributed by atoms with van der Waals surface area (Å²) in [5.74, 6) is -0.569. The number of para-hydroxylation sites is 2. The molecule has 5 nitrogen and oxygen atoms in total. The maximum atomic E-state index is 13.1. The van der Waals surface area contributed by atoms with Gasteiger partial charge in [0.1, 0.15) is 6.54 Å². The molecule has 2 aromatic carbocycles. The molecule has 0 unspecified atom stereocenters. The Hall–Kier alpha value is -2.87. The van der Waals surface area contributed by atoms with Gasteiger partial charge in [-0.05, 0) is 36.2 Å². The number of amides is 1. The van der Waals surface area contributed by atoms with Crippen LogP contribution in [-0.4, -0.2) is 22.0 Å². The van der Waals surface area contributed by atoms with Gasteiger partial charge >= 0.3 is 6.18 Å². The summed E-state index contributed by atoms with van der Waals surface area (Å²) >= 11 is 5.81. The quantitative estimate of drug-likeness (QED) is 0.702. The van der Waals surface area contributed by atoms with Crippen LogP contribution in [0.1, 0.15) is 11.3 Å². The first-order valence-electron chi connectivity index (χ1n) is 8.33. The fourth-order valence-corrected chi connectivity index (χ4v) is 2.86. The third-order valence-corrected chi connectivity index (χ3v) is 4.32. The molecule has 28 heavy (non-hydrogen) atoms. The first-order valence-corrected chi connectivity index (χ1v) is 8.71. The second-order valence-electron chi connectivity index (χ2n) is 6.06. The molecule has 0 aliphatic heterocycles. The first-order chi connectivity index (χ1) is 13.3. The van der Waals surface area contributed by atoms with Crippen molar-refractivity contribution in [1.29, 1.82) is 0 Å². The van der Waals surface area contributed by atoms with Crippen LogP contribution in [0.15, 0.2) is 53.3 Å². The Morgan fingerprint density at radius 1 is 1.11 bits per heavy atom. The number of aromatic nitrogens is 2. The van der Waals surface area contributed by atoms with E-state index in [1.165, 1.54) is 18.2 Å². The molecule has 0 saturated carbocycles. The Bertz CT molecular complexity index is 1060. The number of carbonyl (C=O) groups is 1. The molecule has 146 valence electrons. The Morgan fingerprint density at radius 3 is 2.46 bits per heavy atom. The number of rotatable bonds is 5. The molecule has 0 aliphatic carbocycles. The number of hydrogen-bond acceptors (Lipinski definition) is 3. The second-order valence-corrected chi connectivity index (χ2v) is 6.50. The van der Waals surface area contributed by atoms with E-state index in [1.807, 2.05) is 12.1 Å². The molecule has 3 rings (SSSR count). The van der Waals surface area contributed by atoms with Crippen molar-refractivity contribution < 1.29 is 18.0 Å². The Kier molecular flexibility index (Phi) is 5.69. The SMILES string of the molecule is O=C(Cn1c(=O)c(C(F)(F)F)nc2ccccc21)NCCc1ccc(Cl)cc1. The van der Waals surface area contributed by atoms with Crippen LogP contribution in [0, 0.1) is 0 Å². The standard InChI is InChI=1S/C19H15ClF3N3O2/c20-13-7-5-12(6-8-13)9-10-24-16(27)11-26-15-4-2-1-3-14(15)25-17(18(26)28)19(21,22)23/h1-8H,9-11H2,(H,24,27). The summed E-state index contributed by atoms with van der Waals surface area (Å²) in [4.78, 5) is 27.9. The maximum absolute atomic E-state index is 13.1. The van der Waals surface area contributed by atoms with Crippen LogP contribution in [0.25, 0.3) is 11.0 Å². The molecule has 0 atom stereocenters. The van der Waals surface area contributed by atoms with Gasteiger partial charge in [0.15, 0.2) is 0 Å². The van der Waals surface area contributed by atoms with Crippen LogP contribution in [0.5, 0.6) is 0 Å². The van der Waals surface area contributed by atoms with Crippen molar-refractivity contribution in [2.75, 3.05) is 6.54 Å². The number of nitrogens with one attached hydrogen (secondary N) is 1. The van der Waals surface area contributed by atoms with Gasteiger partial charge < -0.3 is 5.32 Å². The number of fused-ring (bicyclic) bond motifs is 1. The van der Waals surface area contributed by atoms with E-state index in [1.54, 1.807) is 18.2 Å². The molecule has 0 aliphatic rings. The Balaban J connectivity index is 1.79. The molecule has 0 fully saturated rings. The lowest BCUT2D eigenvalue weighted by atomic mass is 10.1. The van der Waals surface area contributed by atoms with E-state index < -0.39 is 29.9 Å². The molecule has 1 heterocycles. The van der Waals surface area contributed by atoms with Crippen molar-refractivity contribution in [3.8, 4) is 0 Å². The van der Waals surface area contributed by atoms with Gasteiger partial charge in [0.25, 0.3) is 5.56 Å². The van der Waals surface area contributed by atoms with Gasteiger partial charge in [-0.25, -0.2) is 4.98 Å². The van der Waals surface area contributed by atoms with E-state index in [0.29, 0.717) is 11.4 Å². The van der Waals surface area contributed by atoms with E-state index in [-0.39, 0.29) is 17.6 Å². The Morgan fingerprint density at radius 2 is 1.79 bits per heavy atom. The highest BCUT2D eigenvalue weighted by molar-refractivity contribution is 6.30. The number of hydrogen-bond donors (Lipinski definition) is 1. The van der Waals surface area contributed by atoms with E-state index in [4.69, 9.17) is 11.6 Å². The molecule has 9 heteroatoms. The molecule has 0 radical (unpaired) electrons. The fourth-order valence-electron chi connectivity index (χ4n) is 2.73. The average Bonchev–Trinajstić information content (AvgIpc) is 2.64. The van der Waals surface area contributed by atoms with E-state index >= 15 is 0 Å². The molecular weight excluding hydrogens is 395 g/mol. The van der Waals surface area contributed by atoms with Gasteiger partial charge in [0.05, 0.1) is 11.0 Å². The van der Waals surface area contributed by atoms with Gasteiger partial charge in [-0.2, -0.15) is 13.2 Å². The third-order valence-electron chi connectivity index (χ3n) is 4.07. The number of halogens is 4. The maximum Gasteiger partial charge on any atom is 0.438 e. The van der Waals surface area contributed by atoms with Crippen molar-refractivity contribution >= 4 is 28.5 Å². The molecule has 0 bridgehead atoms. The largest absolute Gasteiger partial charge is 0.438 e. The molecule has 1 amide bonds. The third kappa shape index (κ3) is 4.51. The molecular formula is C19H15ClF3N3O2. The lowest BCUT2D eigenvalue weighted by Gasteiger charge is -2.13. The summed E-state index contributed by atoms with van der Waals surface area (Å²) in [6, 6.07) is 12.9. The number of nitrogens with zero attached hydrogens (tertiary/aromatic N) is 2. The van der Waals surface area contributed by atoms with Crippen LogP contribution in [0.4, 0.5) is 13.2 Å². The zero-order valence-electron chi connectivity index (χ0n) is 14.5. The lowest BCUT2D eigenvalue weighted by molar-refractivity contribution is -0.142. The fraction of sp³-hybridized carbons (Fsp3) is 0.211. The Labute approximate surface area is 162 Å². The highest BCUT2D eigenvalue weighted by Gasteiger charge is 2.37. The lowest BCUT2D eigenvalue weighted by Crippen LogP contribution is -2.36. The van der Waals surface area contributed by atoms with Gasteiger partial charge in [-0.15, -0.1) is 0 Å². The summed E-state index contributed by atoms with van der Waals surface area (Å²) in [7, 11) is 0. The topological polar surface area (TPSA) is 64.0 Å². The first kappa shape index (κ1) is 19.9. The monoisotopic (exact) mass is 409 g/mol. The van der Waals surface area contributed by atoms with Crippen molar-refractivity contribution in [3.63, 3.8) is 0 Å². The van der Waals surface area contributed by atoms with Gasteiger partial charge in [0.2, 0.25) is 11.6 Å². The smallest absolute Gasteiger partial charge is 0.354 e. The van der Waals surface area contributed by atoms with Crippen LogP contribution in [0.2, 0.25) is 5.02 Å². The van der Waals surface area contributed by atoms with Crippen LogP contribution < -0.4 is 10.9 Å². The molecule has 1 N–H and O–H groups in total. The number of alkyl halides is 3. The average molecular weight is 410 g/mol. The van der Waals surface area contributed by atoms with Gasteiger partial charge in [-0.1, -0.05) is 35.9 Å². The summed E-state index contributed by atoms with van der Waals surface area (Å²) in [5.41, 5.74) is -1.80. The normalized spacial score (nSPS) is 11.6. The summed E-state index contributed by atoms with van der Waals surface area (Å²) in [5, 5.41) is 3.21. The van der Waals surface area contributed by atoms with E-state index in [0.717, 1.165) is 10.1 Å². The number of carbonyl (C=O) groups excluding carboxylic acids is 1. The predicted molar refractivity (Wildman–Crippen MR) is 99.2 cm³/mol. The minimum atomic E-state index is -4.91. The minimum absolute atomic E-state index is 0.0108. The van der Waals surface area contributed by atoms with Crippen LogP contribution in [-0.2, 0) is 23.9 Å². The van der Waals surface area contributed by atoms with Crippen molar-refractivity contribution in [1.82, 2.24) is 14.9 Å². The predicted octanol–water partition coefficient (Wildman–Crippen LogP) is 3.43. The van der Waals surface area contributed by atoms with Gasteiger partial charge in [-0.3, -0.25) is 14.2 Å². The number of benzene rings is 2. The van der Waals surface area contributed by atoms with Crippen molar-refractivity contribution in [2.24, 2.45) is 0 Å². The summed E-state index contributed by atoms with van der Waals surface area (Å²) in [6.45, 7) is -0.268. The van der Waals surface area contributed by atoms with Gasteiger partial charge in [0, 0.05) is 11.6 Å². The zero-order valence-corrected chi connectivity index (χ0v) is 15.2. The molecule has 3 aromatic rings. The molecule has 1 aromatic heterocycles. The highest BCUT2D eigenvalue weighted by atomic mass is 35.5. The highest BCUT2D eigenvalue weighted by Crippen LogP contribution is 2.26. The van der Waals surface area contributed by atoms with Crippen molar-refractivity contribution in [3.05, 3.63) is 75.2 Å². The van der Waals surface area contributed by atoms with E-state index in [9.17, 15) is 22.8 Å². The summed E-state index contributed by atoms with van der Waals surface area (Å²) < 4.78 is 40.2. The minimum Gasteiger partial charge on any atom is -0.354 e. The second kappa shape index (κ2) is 8.02. The van der Waals surface area contributed by atoms with Crippen molar-refractivity contribution in [2.45, 2.75) is 19.1 Å². The molecule has 0 saturated heterocycles. The molecule has 0 spiro atoms. The summed E-state index contributed by atoms with van der Waals surface area (Å²) in [6.07, 6.45) is -4.39. The van der Waals surface area contributed by atoms with E-state index in [2.05, 4.69) is 10.3 Å². The van der Waals surface area contributed by atoms with Crippen LogP contribution in [0.3, 0.4) is 0 Å². The van der Waals surface area contributed by atoms with Crippen LogP contribution >= 0.6 is 11.6 Å². The zero-order chi connectivity index (χ0) is 20.3.